The van der Waals surface area contributed by atoms with Crippen LogP contribution in [0.2, 0.25) is 5.02 Å². The molecular formula is C40H52ClN3O6. The number of anilines is 2. The number of para-hydroxylation sites is 1. The Morgan fingerprint density at radius 3 is 2.18 bits per heavy atom. The quantitative estimate of drug-likeness (QED) is 0.0812. The van der Waals surface area contributed by atoms with Crippen molar-refractivity contribution in [1.29, 1.82) is 0 Å². The summed E-state index contributed by atoms with van der Waals surface area (Å²) in [6.07, 6.45) is 8.17. The second-order valence-electron chi connectivity index (χ2n) is 13.3. The van der Waals surface area contributed by atoms with Crippen LogP contribution in [-0.2, 0) is 32.0 Å². The molecular weight excluding hydrogens is 654 g/mol. The summed E-state index contributed by atoms with van der Waals surface area (Å²) in [6.45, 7) is 4.61. The number of ether oxygens (including phenoxy) is 1. The van der Waals surface area contributed by atoms with Crippen LogP contribution in [0.1, 0.15) is 87.2 Å². The lowest BCUT2D eigenvalue weighted by molar-refractivity contribution is -0.144. The van der Waals surface area contributed by atoms with Gasteiger partial charge < -0.3 is 30.5 Å². The van der Waals surface area contributed by atoms with E-state index in [1.165, 1.54) is 42.6 Å². The maximum atomic E-state index is 14.0. The number of aryl methyl sites for hydroxylation is 3. The number of benzene rings is 3. The van der Waals surface area contributed by atoms with Crippen LogP contribution in [-0.4, -0.2) is 59.8 Å². The van der Waals surface area contributed by atoms with Crippen LogP contribution >= 0.6 is 11.6 Å². The molecule has 10 heteroatoms. The molecule has 0 fully saturated rings. The third kappa shape index (κ3) is 9.94. The zero-order chi connectivity index (χ0) is 36.1. The van der Waals surface area contributed by atoms with E-state index in [0.29, 0.717) is 34.9 Å². The molecule has 0 aliphatic carbocycles. The Balaban J connectivity index is 1.44. The maximum Gasteiger partial charge on any atom is 0.246 e. The minimum Gasteiger partial charge on any atom is -0.394 e. The van der Waals surface area contributed by atoms with Gasteiger partial charge >= 0.3 is 0 Å². The van der Waals surface area contributed by atoms with Gasteiger partial charge in [0.15, 0.2) is 0 Å². The first-order valence-electron chi connectivity index (χ1n) is 17.8. The minimum atomic E-state index is -1.33. The molecule has 1 heterocycles. The standard InChI is InChI=1S/C40H52ClN3O6/c1-4-6-7-8-9-11-14-29-18-20-30(21-19-29)23-24-40(26-45,27-46)43-33(47)25-50-37-34-32(22-17-28(3)36(34)41)42-38(48)35(37)39(49)44(5-2)31-15-12-10-13-16-31/h10,12-13,15-22,35,37,45-46H,4-9,11,14,23-27H2,1-3H3,(H,42,48)(H,43,47). The number of aliphatic hydroxyl groups excluding tert-OH is 2. The number of aliphatic hydroxyl groups is 2. The van der Waals surface area contributed by atoms with Crippen LogP contribution in [0.3, 0.4) is 0 Å². The first kappa shape index (κ1) is 39.0. The molecule has 3 aromatic rings. The molecule has 4 rings (SSSR count). The third-order valence-corrected chi connectivity index (χ3v) is 10.1. The van der Waals surface area contributed by atoms with Gasteiger partial charge in [0.05, 0.1) is 23.8 Å². The molecule has 2 unspecified atom stereocenters. The molecule has 0 saturated carbocycles. The van der Waals surface area contributed by atoms with Crippen molar-refractivity contribution in [2.45, 2.75) is 90.2 Å². The predicted octanol–water partition coefficient (Wildman–Crippen LogP) is 6.70. The number of carbonyl (C=O) groups is 3. The molecule has 3 aromatic carbocycles. The molecule has 0 bridgehead atoms. The summed E-state index contributed by atoms with van der Waals surface area (Å²) in [5, 5.41) is 26.6. The third-order valence-electron chi connectivity index (χ3n) is 9.55. The van der Waals surface area contributed by atoms with Crippen LogP contribution in [0.5, 0.6) is 0 Å². The molecule has 0 radical (unpaired) electrons. The lowest BCUT2D eigenvalue weighted by atomic mass is 9.87. The lowest BCUT2D eigenvalue weighted by Crippen LogP contribution is -2.55. The van der Waals surface area contributed by atoms with Gasteiger partial charge in [0.25, 0.3) is 0 Å². The number of nitrogens with one attached hydrogen (secondary N) is 2. The molecule has 1 aliphatic heterocycles. The van der Waals surface area contributed by atoms with Gasteiger partial charge in [-0.25, -0.2) is 0 Å². The predicted molar refractivity (Wildman–Crippen MR) is 198 cm³/mol. The molecule has 0 saturated heterocycles. The zero-order valence-corrected chi connectivity index (χ0v) is 30.3. The van der Waals surface area contributed by atoms with Crippen molar-refractivity contribution in [1.82, 2.24) is 5.32 Å². The van der Waals surface area contributed by atoms with Gasteiger partial charge in [-0.1, -0.05) is 99.2 Å². The summed E-state index contributed by atoms with van der Waals surface area (Å²) < 4.78 is 6.14. The maximum absolute atomic E-state index is 14.0. The Labute approximate surface area is 301 Å². The van der Waals surface area contributed by atoms with Gasteiger partial charge in [0.2, 0.25) is 17.7 Å². The second-order valence-corrected chi connectivity index (χ2v) is 13.6. The minimum absolute atomic E-state index is 0.284. The van der Waals surface area contributed by atoms with E-state index in [1.807, 2.05) is 19.9 Å². The van der Waals surface area contributed by atoms with Crippen molar-refractivity contribution in [3.8, 4) is 0 Å². The molecule has 270 valence electrons. The average molecular weight is 706 g/mol. The summed E-state index contributed by atoms with van der Waals surface area (Å²) >= 11 is 6.76. The van der Waals surface area contributed by atoms with E-state index in [9.17, 15) is 24.6 Å². The van der Waals surface area contributed by atoms with Crippen LogP contribution in [0.15, 0.2) is 66.7 Å². The molecule has 3 amide bonds. The number of halogens is 1. The number of nitrogens with zero attached hydrogens (tertiary/aromatic N) is 1. The molecule has 0 spiro atoms. The summed E-state index contributed by atoms with van der Waals surface area (Å²) in [4.78, 5) is 42.5. The van der Waals surface area contributed by atoms with Gasteiger partial charge in [0, 0.05) is 23.5 Å². The van der Waals surface area contributed by atoms with Crippen LogP contribution < -0.4 is 15.5 Å². The highest BCUT2D eigenvalue weighted by Gasteiger charge is 2.45. The SMILES string of the molecule is CCCCCCCCc1ccc(CCC(CO)(CO)NC(=O)COC2c3c(ccc(C)c3Cl)NC(=O)C2C(=O)N(CC)c2ccccc2)cc1. The number of rotatable bonds is 19. The van der Waals surface area contributed by atoms with Gasteiger partial charge in [0.1, 0.15) is 18.6 Å². The fourth-order valence-corrected chi connectivity index (χ4v) is 6.75. The highest BCUT2D eigenvalue weighted by molar-refractivity contribution is 6.33. The Morgan fingerprint density at radius 1 is 0.900 bits per heavy atom. The van der Waals surface area contributed by atoms with E-state index in [-0.39, 0.29) is 6.42 Å². The van der Waals surface area contributed by atoms with E-state index in [1.54, 1.807) is 36.4 Å². The normalized spacial score (nSPS) is 15.7. The Hall–Kier alpha value is -3.76. The van der Waals surface area contributed by atoms with Crippen molar-refractivity contribution in [3.05, 3.63) is 94.0 Å². The topological polar surface area (TPSA) is 128 Å². The summed E-state index contributed by atoms with van der Waals surface area (Å²) in [5.74, 6) is -3.01. The van der Waals surface area contributed by atoms with Crippen molar-refractivity contribution in [2.75, 3.05) is 36.6 Å². The van der Waals surface area contributed by atoms with Gasteiger partial charge in [-0.2, -0.15) is 0 Å². The first-order chi connectivity index (χ1) is 24.2. The van der Waals surface area contributed by atoms with Gasteiger partial charge in [-0.15, -0.1) is 0 Å². The van der Waals surface area contributed by atoms with E-state index in [4.69, 9.17) is 16.3 Å². The Kier molecular flexibility index (Phi) is 14.8. The largest absolute Gasteiger partial charge is 0.394 e. The lowest BCUT2D eigenvalue weighted by Gasteiger charge is -2.36. The van der Waals surface area contributed by atoms with Crippen LogP contribution in [0.4, 0.5) is 11.4 Å². The van der Waals surface area contributed by atoms with E-state index >= 15 is 0 Å². The Bertz CT molecular complexity index is 1560. The number of amides is 3. The molecule has 50 heavy (non-hydrogen) atoms. The fraction of sp³-hybridized carbons (Fsp3) is 0.475. The van der Waals surface area contributed by atoms with Crippen molar-refractivity contribution < 1.29 is 29.3 Å². The highest BCUT2D eigenvalue weighted by atomic mass is 35.5. The number of hydrogen-bond acceptors (Lipinski definition) is 6. The number of fused-ring (bicyclic) bond motifs is 1. The van der Waals surface area contributed by atoms with Crippen molar-refractivity contribution in [3.63, 3.8) is 0 Å². The number of hydrogen-bond donors (Lipinski definition) is 4. The Morgan fingerprint density at radius 2 is 1.54 bits per heavy atom. The van der Waals surface area contributed by atoms with E-state index < -0.39 is 55.1 Å². The summed E-state index contributed by atoms with van der Waals surface area (Å²) in [6, 6.07) is 20.8. The number of carbonyl (C=O) groups excluding carboxylic acids is 3. The molecule has 4 N–H and O–H groups in total. The summed E-state index contributed by atoms with van der Waals surface area (Å²) in [7, 11) is 0. The average Bonchev–Trinajstić information content (AvgIpc) is 3.13. The van der Waals surface area contributed by atoms with Gasteiger partial charge in [-0.3, -0.25) is 14.4 Å². The van der Waals surface area contributed by atoms with Crippen molar-refractivity contribution >= 4 is 40.7 Å². The van der Waals surface area contributed by atoms with Gasteiger partial charge in [-0.05, 0) is 74.4 Å². The molecule has 9 nitrogen and oxygen atoms in total. The smallest absolute Gasteiger partial charge is 0.246 e. The van der Waals surface area contributed by atoms with Crippen LogP contribution in [0.25, 0.3) is 0 Å². The first-order valence-corrected chi connectivity index (χ1v) is 18.2. The molecule has 0 aromatic heterocycles. The summed E-state index contributed by atoms with van der Waals surface area (Å²) in [5.41, 5.74) is 3.15. The molecule has 2 atom stereocenters. The van der Waals surface area contributed by atoms with Crippen LogP contribution in [0, 0.1) is 12.8 Å². The zero-order valence-electron chi connectivity index (χ0n) is 29.6. The second kappa shape index (κ2) is 19.0. The van der Waals surface area contributed by atoms with E-state index in [2.05, 4.69) is 41.8 Å². The monoisotopic (exact) mass is 705 g/mol. The molecule has 1 aliphatic rings. The van der Waals surface area contributed by atoms with E-state index in [0.717, 1.165) is 24.0 Å². The number of unbranched alkanes of at least 4 members (excludes halogenated alkanes) is 5. The fourth-order valence-electron chi connectivity index (χ4n) is 6.48. The highest BCUT2D eigenvalue weighted by Crippen LogP contribution is 2.43. The van der Waals surface area contributed by atoms with Crippen molar-refractivity contribution in [2.24, 2.45) is 5.92 Å².